The first kappa shape index (κ1) is 16.5. The van der Waals surface area contributed by atoms with Gasteiger partial charge in [-0.1, -0.05) is 30.3 Å². The fourth-order valence-electron chi connectivity index (χ4n) is 4.40. The first-order valence-electron chi connectivity index (χ1n) is 9.03. The molecule has 3 aliphatic rings. The highest BCUT2D eigenvalue weighted by molar-refractivity contribution is 7.86. The molecule has 3 fully saturated rings. The molecule has 1 aliphatic carbocycles. The van der Waals surface area contributed by atoms with Gasteiger partial charge in [-0.25, -0.2) is 0 Å². The number of fused-ring (bicyclic) bond motifs is 1. The van der Waals surface area contributed by atoms with Crippen LogP contribution in [-0.4, -0.2) is 49.3 Å². The van der Waals surface area contributed by atoms with Gasteiger partial charge in [0.1, 0.15) is 0 Å². The van der Waals surface area contributed by atoms with Crippen molar-refractivity contribution in [1.29, 1.82) is 0 Å². The fourth-order valence-corrected chi connectivity index (χ4v) is 6.20. The van der Waals surface area contributed by atoms with E-state index in [-0.39, 0.29) is 6.10 Å². The molecule has 1 aromatic carbocycles. The molecule has 5 nitrogen and oxygen atoms in total. The normalized spacial score (nSPS) is 31.6. The Morgan fingerprint density at radius 3 is 2.21 bits per heavy atom. The Morgan fingerprint density at radius 2 is 1.58 bits per heavy atom. The van der Waals surface area contributed by atoms with E-state index in [4.69, 9.17) is 4.74 Å². The maximum absolute atomic E-state index is 12.7. The molecule has 1 unspecified atom stereocenters. The van der Waals surface area contributed by atoms with Crippen LogP contribution in [0.5, 0.6) is 0 Å². The van der Waals surface area contributed by atoms with Crippen LogP contribution >= 0.6 is 0 Å². The van der Waals surface area contributed by atoms with Crippen LogP contribution in [0.3, 0.4) is 0 Å². The molecular formula is C18H26N2O3S. The van der Waals surface area contributed by atoms with Gasteiger partial charge < -0.3 is 4.74 Å². The minimum atomic E-state index is -3.23. The Balaban J connectivity index is 1.30. The molecule has 0 radical (unpaired) electrons. The summed E-state index contributed by atoms with van der Waals surface area (Å²) in [5, 5.41) is 0. The van der Waals surface area contributed by atoms with Crippen molar-refractivity contribution >= 4 is 10.2 Å². The predicted molar refractivity (Wildman–Crippen MR) is 92.5 cm³/mol. The molecule has 0 spiro atoms. The van der Waals surface area contributed by atoms with Gasteiger partial charge in [0, 0.05) is 26.2 Å². The second-order valence-electron chi connectivity index (χ2n) is 7.34. The zero-order valence-electron chi connectivity index (χ0n) is 14.0. The number of rotatable bonds is 5. The van der Waals surface area contributed by atoms with Crippen molar-refractivity contribution in [2.45, 2.75) is 38.4 Å². The van der Waals surface area contributed by atoms with Gasteiger partial charge in [-0.3, -0.25) is 0 Å². The third-order valence-electron chi connectivity index (χ3n) is 5.72. The van der Waals surface area contributed by atoms with Gasteiger partial charge in [0.15, 0.2) is 0 Å². The van der Waals surface area contributed by atoms with Crippen LogP contribution in [0.4, 0.5) is 0 Å². The van der Waals surface area contributed by atoms with Crippen molar-refractivity contribution in [3.63, 3.8) is 0 Å². The lowest BCUT2D eigenvalue weighted by atomic mass is 10.0. The van der Waals surface area contributed by atoms with E-state index < -0.39 is 10.2 Å². The van der Waals surface area contributed by atoms with Crippen LogP contribution in [-0.2, 0) is 21.6 Å². The van der Waals surface area contributed by atoms with E-state index in [0.29, 0.717) is 44.6 Å². The molecule has 0 bridgehead atoms. The summed E-state index contributed by atoms with van der Waals surface area (Å²) in [7, 11) is -3.23. The summed E-state index contributed by atoms with van der Waals surface area (Å²) in [6, 6.07) is 10.2. The standard InChI is InChI=1S/C18H26N2O3S/c21-24(22,19-8-4-5-9-19)20-12-16-10-18(11-17(16)13-20)23-14-15-6-2-1-3-7-15/h1-3,6-7,16-18H,4-5,8-14H2/t16-,17+,18?. The third-order valence-corrected chi connectivity index (χ3v) is 7.69. The number of benzene rings is 1. The highest BCUT2D eigenvalue weighted by Gasteiger charge is 2.46. The minimum absolute atomic E-state index is 0.275. The smallest absolute Gasteiger partial charge is 0.281 e. The maximum atomic E-state index is 12.7. The summed E-state index contributed by atoms with van der Waals surface area (Å²) in [5.74, 6) is 0.923. The van der Waals surface area contributed by atoms with E-state index in [0.717, 1.165) is 25.7 Å². The van der Waals surface area contributed by atoms with E-state index in [1.807, 2.05) is 18.2 Å². The number of hydrogen-bond acceptors (Lipinski definition) is 3. The van der Waals surface area contributed by atoms with Crippen LogP contribution < -0.4 is 0 Å². The first-order valence-corrected chi connectivity index (χ1v) is 10.4. The summed E-state index contributed by atoms with van der Waals surface area (Å²) in [6.45, 7) is 3.39. The lowest BCUT2D eigenvalue weighted by molar-refractivity contribution is 0.0391. The van der Waals surface area contributed by atoms with Crippen molar-refractivity contribution in [2.75, 3.05) is 26.2 Å². The summed E-state index contributed by atoms with van der Waals surface area (Å²) in [6.07, 6.45) is 4.24. The second kappa shape index (κ2) is 6.75. The number of hydrogen-bond donors (Lipinski definition) is 0. The van der Waals surface area contributed by atoms with Gasteiger partial charge in [-0.2, -0.15) is 17.0 Å². The molecule has 2 heterocycles. The van der Waals surface area contributed by atoms with Crippen molar-refractivity contribution in [3.05, 3.63) is 35.9 Å². The predicted octanol–water partition coefficient (Wildman–Crippen LogP) is 2.25. The first-order chi connectivity index (χ1) is 11.6. The van der Waals surface area contributed by atoms with Crippen LogP contribution in [0.2, 0.25) is 0 Å². The van der Waals surface area contributed by atoms with Gasteiger partial charge in [-0.05, 0) is 43.1 Å². The monoisotopic (exact) mass is 350 g/mol. The van der Waals surface area contributed by atoms with Crippen LogP contribution in [0.15, 0.2) is 30.3 Å². The number of nitrogens with zero attached hydrogens (tertiary/aromatic N) is 2. The van der Waals surface area contributed by atoms with E-state index in [1.165, 1.54) is 5.56 Å². The van der Waals surface area contributed by atoms with E-state index >= 15 is 0 Å². The van der Waals surface area contributed by atoms with E-state index in [2.05, 4.69) is 12.1 Å². The molecule has 0 N–H and O–H groups in total. The van der Waals surface area contributed by atoms with Gasteiger partial charge in [0.05, 0.1) is 12.7 Å². The van der Waals surface area contributed by atoms with Crippen LogP contribution in [0, 0.1) is 11.8 Å². The molecule has 3 atom stereocenters. The molecule has 24 heavy (non-hydrogen) atoms. The molecule has 6 heteroatoms. The van der Waals surface area contributed by atoms with Crippen molar-refractivity contribution in [3.8, 4) is 0 Å². The van der Waals surface area contributed by atoms with Crippen molar-refractivity contribution in [2.24, 2.45) is 11.8 Å². The van der Waals surface area contributed by atoms with Gasteiger partial charge >= 0.3 is 0 Å². The summed E-state index contributed by atoms with van der Waals surface area (Å²) in [4.78, 5) is 0. The fraction of sp³-hybridized carbons (Fsp3) is 0.667. The third kappa shape index (κ3) is 3.25. The quantitative estimate of drug-likeness (QED) is 0.818. The topological polar surface area (TPSA) is 49.9 Å². The lowest BCUT2D eigenvalue weighted by Gasteiger charge is -2.24. The van der Waals surface area contributed by atoms with E-state index in [1.54, 1.807) is 8.61 Å². The summed E-state index contributed by atoms with van der Waals surface area (Å²) in [5.41, 5.74) is 1.20. The Kier molecular flexibility index (Phi) is 4.64. The Labute approximate surface area is 144 Å². The lowest BCUT2D eigenvalue weighted by Crippen LogP contribution is -2.41. The van der Waals surface area contributed by atoms with Crippen LogP contribution in [0.25, 0.3) is 0 Å². The van der Waals surface area contributed by atoms with Crippen molar-refractivity contribution < 1.29 is 13.2 Å². The van der Waals surface area contributed by atoms with Gasteiger partial charge in [0.25, 0.3) is 10.2 Å². The molecule has 132 valence electrons. The summed E-state index contributed by atoms with van der Waals surface area (Å²) >= 11 is 0. The molecule has 1 aromatic rings. The maximum Gasteiger partial charge on any atom is 0.281 e. The molecule has 1 saturated carbocycles. The molecule has 0 amide bonds. The minimum Gasteiger partial charge on any atom is -0.374 e. The highest BCUT2D eigenvalue weighted by Crippen LogP contribution is 2.41. The molecular weight excluding hydrogens is 324 g/mol. The Hall–Kier alpha value is -0.950. The second-order valence-corrected chi connectivity index (χ2v) is 9.27. The van der Waals surface area contributed by atoms with Crippen molar-refractivity contribution in [1.82, 2.24) is 8.61 Å². The zero-order chi connectivity index (χ0) is 16.6. The average molecular weight is 350 g/mol. The summed E-state index contributed by atoms with van der Waals surface area (Å²) < 4.78 is 34.8. The zero-order valence-corrected chi connectivity index (χ0v) is 14.8. The highest BCUT2D eigenvalue weighted by atomic mass is 32.2. The van der Waals surface area contributed by atoms with E-state index in [9.17, 15) is 8.42 Å². The molecule has 2 aliphatic heterocycles. The van der Waals surface area contributed by atoms with Crippen LogP contribution in [0.1, 0.15) is 31.2 Å². The molecule has 2 saturated heterocycles. The molecule has 0 aromatic heterocycles. The average Bonchev–Trinajstić information content (AvgIpc) is 3.29. The SMILES string of the molecule is O=S(=O)(N1CCCC1)N1C[C@H]2CC(OCc3ccccc3)C[C@H]2C1. The van der Waals surface area contributed by atoms with Gasteiger partial charge in [0.2, 0.25) is 0 Å². The molecule has 4 rings (SSSR count). The largest absolute Gasteiger partial charge is 0.374 e. The van der Waals surface area contributed by atoms with Gasteiger partial charge in [-0.15, -0.1) is 0 Å². The number of ether oxygens (including phenoxy) is 1. The Morgan fingerprint density at radius 1 is 0.958 bits per heavy atom. The Bertz CT molecular complexity index is 644.